The number of aromatic nitrogens is 1. The number of hydrogen-bond donors (Lipinski definition) is 0. The molecular formula is C27H36BrN3O2. The van der Waals surface area contributed by atoms with Crippen molar-refractivity contribution < 1.29 is 9.53 Å². The third kappa shape index (κ3) is 6.57. The fourth-order valence-electron chi connectivity index (χ4n) is 5.30. The van der Waals surface area contributed by atoms with Crippen molar-refractivity contribution in [1.82, 2.24) is 9.88 Å². The number of methoxy groups -OCH3 is 1. The molecule has 5 nitrogen and oxygen atoms in total. The van der Waals surface area contributed by atoms with E-state index in [1.807, 2.05) is 23.1 Å². The van der Waals surface area contributed by atoms with Crippen molar-refractivity contribution >= 4 is 27.7 Å². The summed E-state index contributed by atoms with van der Waals surface area (Å²) in [7, 11) is 1.70. The van der Waals surface area contributed by atoms with Gasteiger partial charge in [-0.1, -0.05) is 31.4 Å². The molecule has 2 heterocycles. The summed E-state index contributed by atoms with van der Waals surface area (Å²) in [6.07, 6.45) is 10.9. The van der Waals surface area contributed by atoms with E-state index in [1.54, 1.807) is 13.3 Å². The summed E-state index contributed by atoms with van der Waals surface area (Å²) in [5.41, 5.74) is 1.38. The number of carbonyl (C=O) groups is 1. The van der Waals surface area contributed by atoms with Gasteiger partial charge in [0.25, 0.3) is 0 Å². The lowest BCUT2D eigenvalue weighted by atomic mass is 9.86. The number of anilines is 1. The molecule has 6 heteroatoms. The van der Waals surface area contributed by atoms with Crippen LogP contribution >= 0.6 is 15.9 Å². The van der Waals surface area contributed by atoms with Gasteiger partial charge in [0.1, 0.15) is 11.6 Å². The summed E-state index contributed by atoms with van der Waals surface area (Å²) in [5, 5.41) is 0. The van der Waals surface area contributed by atoms with E-state index in [0.29, 0.717) is 24.8 Å². The van der Waals surface area contributed by atoms with Crippen LogP contribution in [0.25, 0.3) is 0 Å². The number of pyridine rings is 1. The lowest BCUT2D eigenvalue weighted by Gasteiger charge is -2.34. The van der Waals surface area contributed by atoms with Crippen molar-refractivity contribution in [2.45, 2.75) is 57.3 Å². The molecule has 0 unspecified atom stereocenters. The normalized spacial score (nSPS) is 18.2. The molecule has 1 aromatic heterocycles. The zero-order chi connectivity index (χ0) is 23.0. The number of nitrogens with zero attached hydrogens (tertiary/aromatic N) is 3. The molecule has 2 fully saturated rings. The first-order valence-corrected chi connectivity index (χ1v) is 13.2. The number of likely N-dealkylation sites (tertiary alicyclic amines) is 1. The van der Waals surface area contributed by atoms with Crippen molar-refractivity contribution in [2.75, 3.05) is 38.2 Å². The Morgan fingerprint density at radius 2 is 1.91 bits per heavy atom. The molecule has 4 rings (SSSR count). The number of piperidine rings is 1. The van der Waals surface area contributed by atoms with Crippen molar-refractivity contribution in [2.24, 2.45) is 5.92 Å². The monoisotopic (exact) mass is 513 g/mol. The van der Waals surface area contributed by atoms with E-state index >= 15 is 0 Å². The Bertz CT molecular complexity index is 893. The molecule has 0 radical (unpaired) electrons. The molecule has 1 aliphatic heterocycles. The first-order chi connectivity index (χ1) is 16.1. The molecule has 2 aromatic rings. The smallest absolute Gasteiger partial charge is 0.228 e. The second-order valence-electron chi connectivity index (χ2n) is 9.45. The van der Waals surface area contributed by atoms with Gasteiger partial charge in [-0.15, -0.1) is 0 Å². The average Bonchev–Trinajstić information content (AvgIpc) is 2.86. The number of hydrogen-bond acceptors (Lipinski definition) is 4. The van der Waals surface area contributed by atoms with E-state index < -0.39 is 0 Å². The first-order valence-electron chi connectivity index (χ1n) is 12.4. The van der Waals surface area contributed by atoms with Gasteiger partial charge in [0, 0.05) is 25.7 Å². The minimum atomic E-state index is 0.235. The maximum absolute atomic E-state index is 13.3. The minimum absolute atomic E-state index is 0.235. The van der Waals surface area contributed by atoms with Gasteiger partial charge in [-0.2, -0.15) is 0 Å². The SMILES string of the molecule is COc1ccc(C2CCN(CCN(C(=O)CC3CCCCC3)c3ccccn3)CC2)cc1Br. The number of halogens is 1. The van der Waals surface area contributed by atoms with Crippen LogP contribution in [0.5, 0.6) is 5.75 Å². The summed E-state index contributed by atoms with van der Waals surface area (Å²) in [6.45, 7) is 3.72. The Hall–Kier alpha value is -1.92. The van der Waals surface area contributed by atoms with Crippen LogP contribution in [0.4, 0.5) is 5.82 Å². The molecule has 0 atom stereocenters. The van der Waals surface area contributed by atoms with E-state index in [-0.39, 0.29) is 5.91 Å². The number of rotatable bonds is 8. The van der Waals surface area contributed by atoms with Crippen LogP contribution in [0.15, 0.2) is 47.1 Å². The third-order valence-electron chi connectivity index (χ3n) is 7.29. The van der Waals surface area contributed by atoms with Gasteiger partial charge >= 0.3 is 0 Å². The van der Waals surface area contributed by atoms with E-state index in [0.717, 1.165) is 48.5 Å². The van der Waals surface area contributed by atoms with Gasteiger partial charge < -0.3 is 9.64 Å². The predicted molar refractivity (Wildman–Crippen MR) is 137 cm³/mol. The first kappa shape index (κ1) is 24.2. The van der Waals surface area contributed by atoms with Gasteiger partial charge in [0.2, 0.25) is 5.91 Å². The molecular weight excluding hydrogens is 478 g/mol. The largest absolute Gasteiger partial charge is 0.496 e. The summed E-state index contributed by atoms with van der Waals surface area (Å²) in [6, 6.07) is 12.3. The highest BCUT2D eigenvalue weighted by atomic mass is 79.9. The Morgan fingerprint density at radius 3 is 2.58 bits per heavy atom. The number of amides is 1. The minimum Gasteiger partial charge on any atom is -0.496 e. The van der Waals surface area contributed by atoms with Gasteiger partial charge in [-0.05, 0) is 96.4 Å². The Labute approximate surface area is 206 Å². The molecule has 0 spiro atoms. The molecule has 1 saturated carbocycles. The van der Waals surface area contributed by atoms with Gasteiger partial charge in [-0.25, -0.2) is 4.98 Å². The van der Waals surface area contributed by atoms with Gasteiger partial charge in [0.15, 0.2) is 0 Å². The molecule has 1 aliphatic carbocycles. The maximum atomic E-state index is 13.3. The highest BCUT2D eigenvalue weighted by molar-refractivity contribution is 9.10. The Morgan fingerprint density at radius 1 is 1.12 bits per heavy atom. The average molecular weight is 515 g/mol. The van der Waals surface area contributed by atoms with Crippen molar-refractivity contribution in [3.8, 4) is 5.75 Å². The molecule has 1 saturated heterocycles. The molecule has 1 amide bonds. The van der Waals surface area contributed by atoms with E-state index in [2.05, 4.69) is 44.0 Å². The van der Waals surface area contributed by atoms with Gasteiger partial charge in [-0.3, -0.25) is 9.69 Å². The van der Waals surface area contributed by atoms with Crippen molar-refractivity contribution in [1.29, 1.82) is 0 Å². The number of ether oxygens (including phenoxy) is 1. The van der Waals surface area contributed by atoms with Crippen LogP contribution in [-0.2, 0) is 4.79 Å². The fourth-order valence-corrected chi connectivity index (χ4v) is 5.86. The third-order valence-corrected chi connectivity index (χ3v) is 7.91. The summed E-state index contributed by atoms with van der Waals surface area (Å²) in [4.78, 5) is 22.2. The second-order valence-corrected chi connectivity index (χ2v) is 10.3. The maximum Gasteiger partial charge on any atom is 0.228 e. The summed E-state index contributed by atoms with van der Waals surface area (Å²) in [5.74, 6) is 3.01. The number of carbonyl (C=O) groups excluding carboxylic acids is 1. The van der Waals surface area contributed by atoms with Gasteiger partial charge in [0.05, 0.1) is 11.6 Å². The predicted octanol–water partition coefficient (Wildman–Crippen LogP) is 6.04. The van der Waals surface area contributed by atoms with Crippen LogP contribution in [0, 0.1) is 5.92 Å². The van der Waals surface area contributed by atoms with Crippen LogP contribution in [-0.4, -0.2) is 49.1 Å². The lowest BCUT2D eigenvalue weighted by molar-refractivity contribution is -0.119. The van der Waals surface area contributed by atoms with E-state index in [4.69, 9.17) is 4.74 Å². The van der Waals surface area contributed by atoms with E-state index in [9.17, 15) is 4.79 Å². The van der Waals surface area contributed by atoms with Crippen molar-refractivity contribution in [3.63, 3.8) is 0 Å². The highest BCUT2D eigenvalue weighted by Gasteiger charge is 2.25. The number of benzene rings is 1. The van der Waals surface area contributed by atoms with Crippen LogP contribution in [0.3, 0.4) is 0 Å². The van der Waals surface area contributed by atoms with E-state index in [1.165, 1.54) is 37.7 Å². The second kappa shape index (κ2) is 12.0. The fraction of sp³-hybridized carbons (Fsp3) is 0.556. The van der Waals surface area contributed by atoms with Crippen LogP contribution < -0.4 is 9.64 Å². The zero-order valence-electron chi connectivity index (χ0n) is 19.7. The Balaban J connectivity index is 1.32. The Kier molecular flexibility index (Phi) is 8.79. The molecule has 178 valence electrons. The topological polar surface area (TPSA) is 45.7 Å². The molecule has 1 aromatic carbocycles. The van der Waals surface area contributed by atoms with Crippen LogP contribution in [0.2, 0.25) is 0 Å². The summed E-state index contributed by atoms with van der Waals surface area (Å²) < 4.78 is 6.39. The standard InChI is InChI=1S/C27H36BrN3O2/c1-33-25-11-10-23(20-24(25)28)22-12-15-30(16-13-22)17-18-31(26-9-5-6-14-29-26)27(32)19-21-7-3-2-4-8-21/h5-6,9-11,14,20-22H,2-4,7-8,12-13,15-19H2,1H3. The lowest BCUT2D eigenvalue weighted by Crippen LogP contribution is -2.42. The zero-order valence-corrected chi connectivity index (χ0v) is 21.3. The summed E-state index contributed by atoms with van der Waals surface area (Å²) >= 11 is 3.62. The highest BCUT2D eigenvalue weighted by Crippen LogP contribution is 2.33. The van der Waals surface area contributed by atoms with Crippen LogP contribution in [0.1, 0.15) is 62.8 Å². The van der Waals surface area contributed by atoms with Crippen molar-refractivity contribution in [3.05, 3.63) is 52.6 Å². The quantitative estimate of drug-likeness (QED) is 0.431. The molecule has 0 bridgehead atoms. The molecule has 0 N–H and O–H groups in total. The molecule has 33 heavy (non-hydrogen) atoms. The molecule has 2 aliphatic rings.